The molecule has 2 aromatic rings. The second-order valence-corrected chi connectivity index (χ2v) is 6.22. The lowest BCUT2D eigenvalue weighted by Gasteiger charge is -2.34. The number of hydrogen-bond acceptors (Lipinski definition) is 6. The van der Waals surface area contributed by atoms with Crippen molar-refractivity contribution in [2.24, 2.45) is 7.05 Å². The van der Waals surface area contributed by atoms with E-state index in [9.17, 15) is 0 Å². The normalized spacial score (nSPS) is 18.5. The number of halogens is 1. The molecule has 6 nitrogen and oxygen atoms in total. The van der Waals surface area contributed by atoms with E-state index in [0.717, 1.165) is 36.6 Å². The maximum atomic E-state index is 9.12. The minimum atomic E-state index is 0.280. The fourth-order valence-corrected chi connectivity index (χ4v) is 3.56. The molecule has 1 atom stereocenters. The van der Waals surface area contributed by atoms with Gasteiger partial charge in [-0.05, 0) is 24.4 Å². The lowest BCUT2D eigenvalue weighted by Crippen LogP contribution is -2.42. The molecule has 1 fully saturated rings. The van der Waals surface area contributed by atoms with Crippen LogP contribution in [0.4, 0.5) is 10.7 Å². The average Bonchev–Trinajstić information content (AvgIpc) is 3.06. The fourth-order valence-electron chi connectivity index (χ4n) is 2.55. The molecular weight excluding hydrogens is 308 g/mol. The Labute approximate surface area is 132 Å². The summed E-state index contributed by atoms with van der Waals surface area (Å²) in [5.41, 5.74) is 1.58. The Morgan fingerprint density at radius 3 is 3.14 bits per heavy atom. The molecule has 110 valence electrons. The van der Waals surface area contributed by atoms with Crippen LogP contribution in [0.15, 0.2) is 12.4 Å². The second-order valence-electron chi connectivity index (χ2n) is 5.09. The van der Waals surface area contributed by atoms with Gasteiger partial charge in [-0.3, -0.25) is 4.68 Å². The highest BCUT2D eigenvalue weighted by molar-refractivity contribution is 7.10. The standard InChI is InChI=1S/C13H15ClN6S/c1-19-8-10(6-16-19)20-4-2-3-9(7-20)17-13-11(5-15)12(14)18-21-13/h6,8-9,17H,2-4,7H2,1H3. The van der Waals surface area contributed by atoms with E-state index >= 15 is 0 Å². The quantitative estimate of drug-likeness (QED) is 0.940. The van der Waals surface area contributed by atoms with Crippen molar-refractivity contribution in [3.8, 4) is 6.07 Å². The van der Waals surface area contributed by atoms with Crippen molar-refractivity contribution in [2.75, 3.05) is 23.3 Å². The van der Waals surface area contributed by atoms with Crippen molar-refractivity contribution in [1.82, 2.24) is 14.2 Å². The van der Waals surface area contributed by atoms with Gasteiger partial charge in [-0.2, -0.15) is 14.7 Å². The molecular formula is C13H15ClN6S. The summed E-state index contributed by atoms with van der Waals surface area (Å²) < 4.78 is 5.84. The first-order valence-corrected chi connectivity index (χ1v) is 7.88. The minimum absolute atomic E-state index is 0.280. The molecule has 0 radical (unpaired) electrons. The number of aryl methyl sites for hydroxylation is 1. The van der Waals surface area contributed by atoms with Crippen LogP contribution in [0.1, 0.15) is 18.4 Å². The van der Waals surface area contributed by atoms with Crippen LogP contribution in [-0.4, -0.2) is 33.3 Å². The molecule has 0 saturated carbocycles. The summed E-state index contributed by atoms with van der Waals surface area (Å²) in [7, 11) is 1.92. The number of aromatic nitrogens is 3. The van der Waals surface area contributed by atoms with Gasteiger partial charge < -0.3 is 10.2 Å². The molecule has 1 unspecified atom stereocenters. The highest BCUT2D eigenvalue weighted by atomic mass is 35.5. The average molecular weight is 323 g/mol. The molecule has 3 heterocycles. The third-order valence-corrected chi connectivity index (χ3v) is 4.73. The highest BCUT2D eigenvalue weighted by Gasteiger charge is 2.23. The van der Waals surface area contributed by atoms with E-state index in [-0.39, 0.29) is 11.2 Å². The van der Waals surface area contributed by atoms with Gasteiger partial charge in [0, 0.05) is 32.4 Å². The molecule has 0 amide bonds. The largest absolute Gasteiger partial charge is 0.370 e. The van der Waals surface area contributed by atoms with Crippen LogP contribution < -0.4 is 10.2 Å². The van der Waals surface area contributed by atoms with E-state index < -0.39 is 0 Å². The molecule has 8 heteroatoms. The Hall–Kier alpha value is -1.78. The van der Waals surface area contributed by atoms with E-state index in [2.05, 4.69) is 25.8 Å². The summed E-state index contributed by atoms with van der Waals surface area (Å²) in [5, 5.41) is 17.8. The molecule has 1 N–H and O–H groups in total. The molecule has 0 aromatic carbocycles. The van der Waals surface area contributed by atoms with Crippen molar-refractivity contribution >= 4 is 33.8 Å². The summed E-state index contributed by atoms with van der Waals surface area (Å²) >= 11 is 7.15. The Morgan fingerprint density at radius 2 is 2.43 bits per heavy atom. The van der Waals surface area contributed by atoms with Crippen LogP contribution in [0.5, 0.6) is 0 Å². The van der Waals surface area contributed by atoms with Crippen LogP contribution in [0.25, 0.3) is 0 Å². The van der Waals surface area contributed by atoms with Crippen molar-refractivity contribution in [2.45, 2.75) is 18.9 Å². The second kappa shape index (κ2) is 5.92. The Kier molecular flexibility index (Phi) is 3.99. The number of piperidine rings is 1. The van der Waals surface area contributed by atoms with Crippen LogP contribution >= 0.6 is 23.1 Å². The van der Waals surface area contributed by atoms with Gasteiger partial charge in [-0.15, -0.1) is 0 Å². The maximum Gasteiger partial charge on any atom is 0.162 e. The summed E-state index contributed by atoms with van der Waals surface area (Å²) in [6.07, 6.45) is 6.07. The Bertz CT molecular complexity index is 672. The van der Waals surface area contributed by atoms with Crippen molar-refractivity contribution in [1.29, 1.82) is 5.26 Å². The third kappa shape index (κ3) is 2.96. The van der Waals surface area contributed by atoms with Gasteiger partial charge >= 0.3 is 0 Å². The van der Waals surface area contributed by atoms with E-state index in [1.807, 2.05) is 24.1 Å². The summed E-state index contributed by atoms with van der Waals surface area (Å²) in [5.74, 6) is 0. The van der Waals surface area contributed by atoms with Crippen LogP contribution in [0.3, 0.4) is 0 Å². The summed E-state index contributed by atoms with van der Waals surface area (Å²) in [6, 6.07) is 2.39. The van der Waals surface area contributed by atoms with Crippen molar-refractivity contribution in [3.05, 3.63) is 23.1 Å². The smallest absolute Gasteiger partial charge is 0.162 e. The minimum Gasteiger partial charge on any atom is -0.370 e. The molecule has 0 bridgehead atoms. The first-order valence-electron chi connectivity index (χ1n) is 6.73. The third-order valence-electron chi connectivity index (χ3n) is 3.58. The Balaban J connectivity index is 1.70. The molecule has 2 aromatic heterocycles. The predicted molar refractivity (Wildman–Crippen MR) is 83.9 cm³/mol. The van der Waals surface area contributed by atoms with Gasteiger partial charge in [0.05, 0.1) is 11.9 Å². The number of nitrogens with one attached hydrogen (secondary N) is 1. The van der Waals surface area contributed by atoms with Crippen molar-refractivity contribution < 1.29 is 0 Å². The molecule has 3 rings (SSSR count). The van der Waals surface area contributed by atoms with Crippen LogP contribution in [0, 0.1) is 11.3 Å². The van der Waals surface area contributed by atoms with E-state index in [1.54, 1.807) is 0 Å². The van der Waals surface area contributed by atoms with Gasteiger partial charge in [-0.1, -0.05) is 11.6 Å². The molecule has 1 aliphatic heterocycles. The van der Waals surface area contributed by atoms with Gasteiger partial charge in [0.15, 0.2) is 5.15 Å². The SMILES string of the molecule is Cn1cc(N2CCCC(Nc3snc(Cl)c3C#N)C2)cn1. The van der Waals surface area contributed by atoms with Crippen LogP contribution in [0.2, 0.25) is 5.15 Å². The molecule has 1 saturated heterocycles. The first kappa shape index (κ1) is 14.2. The number of anilines is 2. The van der Waals surface area contributed by atoms with E-state index in [0.29, 0.717) is 5.56 Å². The lowest BCUT2D eigenvalue weighted by molar-refractivity contribution is 0.531. The van der Waals surface area contributed by atoms with Gasteiger partial charge in [-0.25, -0.2) is 0 Å². The predicted octanol–water partition coefficient (Wildman–Crippen LogP) is 2.48. The summed E-state index contributed by atoms with van der Waals surface area (Å²) in [4.78, 5) is 2.31. The summed E-state index contributed by atoms with van der Waals surface area (Å²) in [6.45, 7) is 1.91. The zero-order valence-corrected chi connectivity index (χ0v) is 13.2. The topological polar surface area (TPSA) is 69.8 Å². The van der Waals surface area contributed by atoms with E-state index in [4.69, 9.17) is 16.9 Å². The van der Waals surface area contributed by atoms with Gasteiger partial charge in [0.2, 0.25) is 0 Å². The van der Waals surface area contributed by atoms with Gasteiger partial charge in [0.1, 0.15) is 16.6 Å². The zero-order valence-electron chi connectivity index (χ0n) is 11.6. The maximum absolute atomic E-state index is 9.12. The van der Waals surface area contributed by atoms with Crippen molar-refractivity contribution in [3.63, 3.8) is 0 Å². The number of rotatable bonds is 3. The molecule has 21 heavy (non-hydrogen) atoms. The zero-order chi connectivity index (χ0) is 14.8. The molecule has 0 aliphatic carbocycles. The molecule has 0 spiro atoms. The number of nitrogens with zero attached hydrogens (tertiary/aromatic N) is 5. The first-order chi connectivity index (χ1) is 10.2. The highest BCUT2D eigenvalue weighted by Crippen LogP contribution is 2.30. The fraction of sp³-hybridized carbons (Fsp3) is 0.462. The van der Waals surface area contributed by atoms with Gasteiger partial charge in [0.25, 0.3) is 0 Å². The number of hydrogen-bond donors (Lipinski definition) is 1. The Morgan fingerprint density at radius 1 is 1.57 bits per heavy atom. The lowest BCUT2D eigenvalue weighted by atomic mass is 10.1. The monoisotopic (exact) mass is 322 g/mol. The number of nitriles is 1. The molecule has 1 aliphatic rings. The van der Waals surface area contributed by atoms with E-state index in [1.165, 1.54) is 11.5 Å². The van der Waals surface area contributed by atoms with Crippen LogP contribution in [-0.2, 0) is 7.05 Å².